The Morgan fingerprint density at radius 1 is 1.32 bits per heavy atom. The van der Waals surface area contributed by atoms with Crippen molar-refractivity contribution >= 4 is 11.3 Å². The molecule has 0 bridgehead atoms. The molecule has 0 spiro atoms. The van der Waals surface area contributed by atoms with Crippen LogP contribution < -0.4 is 0 Å². The van der Waals surface area contributed by atoms with E-state index < -0.39 is 0 Å². The quantitative estimate of drug-likeness (QED) is 0.852. The highest BCUT2D eigenvalue weighted by molar-refractivity contribution is 7.10. The maximum atomic E-state index is 6.07. The highest BCUT2D eigenvalue weighted by atomic mass is 32.1. The van der Waals surface area contributed by atoms with Crippen LogP contribution in [-0.4, -0.2) is 30.9 Å². The highest BCUT2D eigenvalue weighted by Crippen LogP contribution is 2.35. The molecule has 1 aromatic rings. The molecule has 2 fully saturated rings. The lowest BCUT2D eigenvalue weighted by Crippen LogP contribution is -2.34. The van der Waals surface area contributed by atoms with Crippen LogP contribution in [0.3, 0.4) is 0 Å². The maximum Gasteiger partial charge on any atom is 0.189 e. The SMILES string of the molecule is CC[C@H]1O[C@@H]2OC(C)O[C@@H]2[C@H]1OCc1ccsc1C. The molecule has 1 unspecified atom stereocenters. The minimum atomic E-state index is -0.270. The smallest absolute Gasteiger partial charge is 0.189 e. The summed E-state index contributed by atoms with van der Waals surface area (Å²) >= 11 is 1.75. The number of thiophene rings is 1. The van der Waals surface area contributed by atoms with Crippen LogP contribution in [0.25, 0.3) is 0 Å². The summed E-state index contributed by atoms with van der Waals surface area (Å²) < 4.78 is 23.3. The molecule has 5 atom stereocenters. The molecule has 2 saturated heterocycles. The lowest BCUT2D eigenvalue weighted by atomic mass is 10.1. The molecule has 1 aromatic heterocycles. The largest absolute Gasteiger partial charge is 0.368 e. The van der Waals surface area contributed by atoms with Gasteiger partial charge >= 0.3 is 0 Å². The maximum absolute atomic E-state index is 6.07. The van der Waals surface area contributed by atoms with Gasteiger partial charge in [-0.05, 0) is 37.3 Å². The summed E-state index contributed by atoms with van der Waals surface area (Å²) in [5.41, 5.74) is 1.25. The van der Waals surface area contributed by atoms with Crippen molar-refractivity contribution < 1.29 is 18.9 Å². The van der Waals surface area contributed by atoms with Crippen molar-refractivity contribution in [3.63, 3.8) is 0 Å². The molecule has 19 heavy (non-hydrogen) atoms. The van der Waals surface area contributed by atoms with E-state index in [0.717, 1.165) is 6.42 Å². The lowest BCUT2D eigenvalue weighted by Gasteiger charge is -2.21. The molecule has 0 aromatic carbocycles. The Morgan fingerprint density at radius 2 is 2.16 bits per heavy atom. The van der Waals surface area contributed by atoms with Gasteiger partial charge in [-0.3, -0.25) is 0 Å². The molecule has 3 rings (SSSR count). The van der Waals surface area contributed by atoms with E-state index in [1.165, 1.54) is 10.4 Å². The fraction of sp³-hybridized carbons (Fsp3) is 0.714. The van der Waals surface area contributed by atoms with Crippen molar-refractivity contribution in [3.05, 3.63) is 21.9 Å². The fourth-order valence-electron chi connectivity index (χ4n) is 2.66. The lowest BCUT2D eigenvalue weighted by molar-refractivity contribution is -0.168. The molecule has 0 amide bonds. The molecule has 0 saturated carbocycles. The van der Waals surface area contributed by atoms with Crippen LogP contribution >= 0.6 is 11.3 Å². The average molecular weight is 284 g/mol. The third-order valence-corrected chi connectivity index (χ3v) is 4.63. The Hall–Kier alpha value is -0.460. The van der Waals surface area contributed by atoms with Gasteiger partial charge in [0.25, 0.3) is 0 Å². The highest BCUT2D eigenvalue weighted by Gasteiger charge is 2.51. The van der Waals surface area contributed by atoms with Gasteiger partial charge in [0.15, 0.2) is 12.6 Å². The summed E-state index contributed by atoms with van der Waals surface area (Å²) in [5.74, 6) is 0. The van der Waals surface area contributed by atoms with Crippen LogP contribution in [0.1, 0.15) is 30.7 Å². The molecular formula is C14H20O4S. The van der Waals surface area contributed by atoms with Crippen molar-refractivity contribution in [2.75, 3.05) is 0 Å². The van der Waals surface area contributed by atoms with E-state index in [1.807, 2.05) is 6.92 Å². The van der Waals surface area contributed by atoms with Crippen LogP contribution in [0.5, 0.6) is 0 Å². The second-order valence-corrected chi connectivity index (χ2v) is 6.15. The predicted octanol–water partition coefficient (Wildman–Crippen LogP) is 2.84. The Bertz CT molecular complexity index is 433. The summed E-state index contributed by atoms with van der Waals surface area (Å²) in [6, 6.07) is 2.11. The molecule has 4 nitrogen and oxygen atoms in total. The molecule has 0 N–H and O–H groups in total. The van der Waals surface area contributed by atoms with Crippen LogP contribution in [0.15, 0.2) is 11.4 Å². The van der Waals surface area contributed by atoms with Crippen LogP contribution in [0.4, 0.5) is 0 Å². The molecular weight excluding hydrogens is 264 g/mol. The summed E-state index contributed by atoms with van der Waals surface area (Å²) in [6.45, 7) is 6.72. The van der Waals surface area contributed by atoms with E-state index in [1.54, 1.807) is 11.3 Å². The zero-order valence-corrected chi connectivity index (χ0v) is 12.3. The number of rotatable bonds is 4. The Morgan fingerprint density at radius 3 is 2.84 bits per heavy atom. The van der Waals surface area contributed by atoms with Gasteiger partial charge in [-0.2, -0.15) is 0 Å². The van der Waals surface area contributed by atoms with E-state index in [9.17, 15) is 0 Å². The van der Waals surface area contributed by atoms with Gasteiger partial charge < -0.3 is 18.9 Å². The minimum absolute atomic E-state index is 0.0424. The van der Waals surface area contributed by atoms with Crippen LogP contribution in [0.2, 0.25) is 0 Å². The van der Waals surface area contributed by atoms with Crippen molar-refractivity contribution in [1.29, 1.82) is 0 Å². The van der Waals surface area contributed by atoms with E-state index in [4.69, 9.17) is 18.9 Å². The van der Waals surface area contributed by atoms with Crippen LogP contribution in [0, 0.1) is 6.92 Å². The zero-order valence-electron chi connectivity index (χ0n) is 11.5. The summed E-state index contributed by atoms with van der Waals surface area (Å²) in [4.78, 5) is 1.31. The zero-order chi connectivity index (χ0) is 13.4. The number of fused-ring (bicyclic) bond motifs is 1. The third-order valence-electron chi connectivity index (χ3n) is 3.74. The van der Waals surface area contributed by atoms with E-state index in [2.05, 4.69) is 25.3 Å². The van der Waals surface area contributed by atoms with Crippen molar-refractivity contribution in [1.82, 2.24) is 0 Å². The summed E-state index contributed by atoms with van der Waals surface area (Å²) in [6.07, 6.45) is 0.344. The first-order valence-electron chi connectivity index (χ1n) is 6.80. The molecule has 5 heteroatoms. The van der Waals surface area contributed by atoms with E-state index in [-0.39, 0.29) is 30.9 Å². The van der Waals surface area contributed by atoms with E-state index >= 15 is 0 Å². The molecule has 106 valence electrons. The summed E-state index contributed by atoms with van der Waals surface area (Å²) in [5, 5.41) is 2.09. The molecule has 2 aliphatic heterocycles. The second-order valence-electron chi connectivity index (χ2n) is 5.03. The topological polar surface area (TPSA) is 36.9 Å². The normalized spacial score (nSPS) is 37.7. The first kappa shape index (κ1) is 13.5. The minimum Gasteiger partial charge on any atom is -0.368 e. The third kappa shape index (κ3) is 2.58. The number of hydrogen-bond acceptors (Lipinski definition) is 5. The van der Waals surface area contributed by atoms with Crippen molar-refractivity contribution in [2.24, 2.45) is 0 Å². The second kappa shape index (κ2) is 5.50. The predicted molar refractivity (Wildman–Crippen MR) is 72.0 cm³/mol. The number of ether oxygens (including phenoxy) is 4. The van der Waals surface area contributed by atoms with Crippen molar-refractivity contribution in [2.45, 2.75) is 64.7 Å². The molecule has 3 heterocycles. The van der Waals surface area contributed by atoms with Gasteiger partial charge in [0, 0.05) is 4.88 Å². The van der Waals surface area contributed by atoms with Gasteiger partial charge in [-0.15, -0.1) is 11.3 Å². The molecule has 0 radical (unpaired) electrons. The Labute approximate surface area is 117 Å². The average Bonchev–Trinajstić information content (AvgIpc) is 3.02. The molecule has 0 aliphatic carbocycles. The van der Waals surface area contributed by atoms with Crippen LogP contribution in [-0.2, 0) is 25.6 Å². The standard InChI is InChI=1S/C14H20O4S/c1-4-11-12(13-14(18-11)17-9(3)16-13)15-7-10-5-6-19-8(10)2/h5-6,9,11-14H,4,7H2,1-3H3/t9?,11-,12+,13-,14+/m1/s1. The first-order valence-corrected chi connectivity index (χ1v) is 7.68. The van der Waals surface area contributed by atoms with Gasteiger partial charge in [0.05, 0.1) is 12.7 Å². The van der Waals surface area contributed by atoms with Gasteiger partial charge in [-0.1, -0.05) is 6.92 Å². The van der Waals surface area contributed by atoms with Gasteiger partial charge in [0.2, 0.25) is 0 Å². The number of hydrogen-bond donors (Lipinski definition) is 0. The van der Waals surface area contributed by atoms with Gasteiger partial charge in [-0.25, -0.2) is 0 Å². The van der Waals surface area contributed by atoms with Gasteiger partial charge in [0.1, 0.15) is 12.2 Å². The Balaban J connectivity index is 1.66. The Kier molecular flexibility index (Phi) is 3.91. The fourth-order valence-corrected chi connectivity index (χ4v) is 3.38. The summed E-state index contributed by atoms with van der Waals surface area (Å²) in [7, 11) is 0. The monoisotopic (exact) mass is 284 g/mol. The van der Waals surface area contributed by atoms with E-state index in [0.29, 0.717) is 6.61 Å². The number of aryl methyl sites for hydroxylation is 1. The molecule has 2 aliphatic rings. The first-order chi connectivity index (χ1) is 9.19. The van der Waals surface area contributed by atoms with Crippen molar-refractivity contribution in [3.8, 4) is 0 Å².